The summed E-state index contributed by atoms with van der Waals surface area (Å²) in [6.45, 7) is 0. The van der Waals surface area contributed by atoms with Gasteiger partial charge in [-0.05, 0) is 6.07 Å². The molecule has 2 N–H and O–H groups in total. The summed E-state index contributed by atoms with van der Waals surface area (Å²) in [4.78, 5) is 8.07. The Bertz CT molecular complexity index is 759. The fraction of sp³-hybridized carbons (Fsp3) is 0.250. The van der Waals surface area contributed by atoms with Crippen LogP contribution in [0.5, 0.6) is 0 Å². The second-order valence-corrected chi connectivity index (χ2v) is 7.49. The number of hydrogen-bond acceptors (Lipinski definition) is 6. The van der Waals surface area contributed by atoms with Crippen molar-refractivity contribution in [2.24, 2.45) is 5.14 Å². The van der Waals surface area contributed by atoms with Gasteiger partial charge in [0.15, 0.2) is 14.7 Å². The lowest BCUT2D eigenvalue weighted by Gasteiger charge is -2.05. The minimum atomic E-state index is -4.59. The second kappa shape index (κ2) is 5.38. The standard InChI is InChI=1S/C8H8F2N2O6S2/c9-5-3-6(10)8(12(13)14)7(4-5)19(15,16)1-2-20(11,17)18/h3-4H,1-2H2,(H2,11,17,18). The van der Waals surface area contributed by atoms with E-state index in [1.807, 2.05) is 0 Å². The molecule has 0 atom stereocenters. The topological polar surface area (TPSA) is 137 Å². The van der Waals surface area contributed by atoms with Crippen molar-refractivity contribution < 1.29 is 30.5 Å². The molecule has 1 aromatic rings. The van der Waals surface area contributed by atoms with Crippen molar-refractivity contribution in [1.82, 2.24) is 0 Å². The summed E-state index contributed by atoms with van der Waals surface area (Å²) in [5.41, 5.74) is -1.44. The number of nitro groups is 1. The molecule has 20 heavy (non-hydrogen) atoms. The smallest absolute Gasteiger partial charge is 0.258 e. The quantitative estimate of drug-likeness (QED) is 0.593. The maximum atomic E-state index is 13.3. The summed E-state index contributed by atoms with van der Waals surface area (Å²) in [5.74, 6) is -5.19. The molecule has 1 rings (SSSR count). The van der Waals surface area contributed by atoms with E-state index in [0.29, 0.717) is 0 Å². The third-order valence-electron chi connectivity index (χ3n) is 2.15. The van der Waals surface area contributed by atoms with Gasteiger partial charge in [-0.3, -0.25) is 10.1 Å². The monoisotopic (exact) mass is 330 g/mol. The Morgan fingerprint density at radius 2 is 1.70 bits per heavy atom. The lowest BCUT2D eigenvalue weighted by Crippen LogP contribution is -2.23. The number of nitrogens with zero attached hydrogens (tertiary/aromatic N) is 1. The molecule has 0 amide bonds. The molecule has 0 heterocycles. The van der Waals surface area contributed by atoms with Gasteiger partial charge in [0.25, 0.3) is 0 Å². The third-order valence-corrected chi connectivity index (χ3v) is 4.90. The number of nitrogens with two attached hydrogens (primary N) is 1. The lowest BCUT2D eigenvalue weighted by molar-refractivity contribution is -0.390. The Labute approximate surface area is 112 Å². The number of benzene rings is 1. The van der Waals surface area contributed by atoms with E-state index in [4.69, 9.17) is 0 Å². The first kappa shape index (κ1) is 16.4. The molecular formula is C8H8F2N2O6S2. The summed E-state index contributed by atoms with van der Waals surface area (Å²) in [5, 5.41) is 15.2. The highest BCUT2D eigenvalue weighted by molar-refractivity contribution is 7.94. The maximum Gasteiger partial charge on any atom is 0.323 e. The summed E-state index contributed by atoms with van der Waals surface area (Å²) in [7, 11) is -8.75. The van der Waals surface area contributed by atoms with Crippen LogP contribution in [0.4, 0.5) is 14.5 Å². The van der Waals surface area contributed by atoms with E-state index in [9.17, 15) is 35.7 Å². The van der Waals surface area contributed by atoms with Crippen LogP contribution in [-0.2, 0) is 19.9 Å². The number of rotatable bonds is 5. The second-order valence-electron chi connectivity index (χ2n) is 3.68. The van der Waals surface area contributed by atoms with Crippen molar-refractivity contribution in [2.45, 2.75) is 4.90 Å². The van der Waals surface area contributed by atoms with Gasteiger partial charge in [0.1, 0.15) is 5.82 Å². The number of primary sulfonamides is 1. The first-order chi connectivity index (χ1) is 8.94. The summed E-state index contributed by atoms with van der Waals surface area (Å²) < 4.78 is 71.2. The lowest BCUT2D eigenvalue weighted by atomic mass is 10.3. The Morgan fingerprint density at radius 1 is 1.15 bits per heavy atom. The van der Waals surface area contributed by atoms with Gasteiger partial charge in [0.2, 0.25) is 15.8 Å². The van der Waals surface area contributed by atoms with Gasteiger partial charge in [-0.15, -0.1) is 0 Å². The molecule has 0 aliphatic rings. The van der Waals surface area contributed by atoms with Crippen molar-refractivity contribution in [3.8, 4) is 0 Å². The molecule has 0 aliphatic heterocycles. The molecular weight excluding hydrogens is 322 g/mol. The van der Waals surface area contributed by atoms with Crippen LogP contribution in [0.25, 0.3) is 0 Å². The van der Waals surface area contributed by atoms with E-state index in [2.05, 4.69) is 5.14 Å². The van der Waals surface area contributed by atoms with E-state index in [1.54, 1.807) is 0 Å². The average molecular weight is 330 g/mol. The van der Waals surface area contributed by atoms with Gasteiger partial charge in [-0.1, -0.05) is 0 Å². The molecule has 0 radical (unpaired) electrons. The zero-order valence-electron chi connectivity index (χ0n) is 9.62. The average Bonchev–Trinajstić information content (AvgIpc) is 2.24. The van der Waals surface area contributed by atoms with Gasteiger partial charge in [0, 0.05) is 6.07 Å². The predicted molar refractivity (Wildman–Crippen MR) is 63.0 cm³/mol. The van der Waals surface area contributed by atoms with Crippen molar-refractivity contribution in [1.29, 1.82) is 0 Å². The molecule has 0 fully saturated rings. The molecule has 8 nitrogen and oxygen atoms in total. The molecule has 0 spiro atoms. The molecule has 1 aromatic carbocycles. The largest absolute Gasteiger partial charge is 0.323 e. The van der Waals surface area contributed by atoms with Crippen molar-refractivity contribution in [2.75, 3.05) is 11.5 Å². The van der Waals surface area contributed by atoms with Crippen LogP contribution >= 0.6 is 0 Å². The van der Waals surface area contributed by atoms with Crippen LogP contribution in [0.15, 0.2) is 17.0 Å². The minimum absolute atomic E-state index is 0.150. The van der Waals surface area contributed by atoms with Gasteiger partial charge in [-0.25, -0.2) is 26.4 Å². The molecule has 0 bridgehead atoms. The fourth-order valence-electron chi connectivity index (χ4n) is 1.29. The number of sulfonamides is 1. The highest BCUT2D eigenvalue weighted by atomic mass is 32.2. The van der Waals surface area contributed by atoms with E-state index >= 15 is 0 Å². The van der Waals surface area contributed by atoms with E-state index < -0.39 is 58.5 Å². The first-order valence-electron chi connectivity index (χ1n) is 4.81. The van der Waals surface area contributed by atoms with Crippen LogP contribution in [0.1, 0.15) is 0 Å². The first-order valence-corrected chi connectivity index (χ1v) is 8.17. The molecule has 0 aromatic heterocycles. The molecule has 0 aliphatic carbocycles. The summed E-state index contributed by atoms with van der Waals surface area (Å²) in [6, 6.07) is 0.399. The van der Waals surface area contributed by atoms with Crippen LogP contribution in [0.2, 0.25) is 0 Å². The van der Waals surface area contributed by atoms with Crippen LogP contribution in [0, 0.1) is 21.7 Å². The van der Waals surface area contributed by atoms with E-state index in [-0.39, 0.29) is 12.1 Å². The molecule has 0 saturated carbocycles. The maximum absolute atomic E-state index is 13.3. The van der Waals surface area contributed by atoms with Gasteiger partial charge >= 0.3 is 5.69 Å². The Balaban J connectivity index is 3.41. The zero-order chi connectivity index (χ0) is 15.7. The third kappa shape index (κ3) is 3.91. The fourth-order valence-corrected chi connectivity index (χ4v) is 4.08. The molecule has 112 valence electrons. The van der Waals surface area contributed by atoms with Crippen molar-refractivity contribution in [3.05, 3.63) is 33.9 Å². The molecule has 0 unspecified atom stereocenters. The van der Waals surface area contributed by atoms with Crippen LogP contribution in [-0.4, -0.2) is 33.3 Å². The Hall–Kier alpha value is -1.66. The van der Waals surface area contributed by atoms with Gasteiger partial charge in [-0.2, -0.15) is 4.39 Å². The summed E-state index contributed by atoms with van der Waals surface area (Å²) >= 11 is 0. The molecule has 0 saturated heterocycles. The van der Waals surface area contributed by atoms with E-state index in [0.717, 1.165) is 0 Å². The van der Waals surface area contributed by atoms with Crippen LogP contribution in [0.3, 0.4) is 0 Å². The number of hydrogen-bond donors (Lipinski definition) is 1. The number of halogens is 2. The number of sulfone groups is 1. The highest BCUT2D eigenvalue weighted by Gasteiger charge is 2.31. The SMILES string of the molecule is NS(=O)(=O)CCS(=O)(=O)c1cc(F)cc(F)c1[N+](=O)[O-]. The normalized spacial score (nSPS) is 12.3. The molecule has 12 heteroatoms. The van der Waals surface area contributed by atoms with Gasteiger partial charge in [0.05, 0.1) is 16.4 Å². The van der Waals surface area contributed by atoms with Gasteiger partial charge < -0.3 is 0 Å². The summed E-state index contributed by atoms with van der Waals surface area (Å²) in [6.07, 6.45) is 0. The van der Waals surface area contributed by atoms with E-state index in [1.165, 1.54) is 0 Å². The predicted octanol–water partition coefficient (Wildman–Crippen LogP) is -0.0648. The van der Waals surface area contributed by atoms with Crippen molar-refractivity contribution in [3.63, 3.8) is 0 Å². The zero-order valence-corrected chi connectivity index (χ0v) is 11.2. The highest BCUT2D eigenvalue weighted by Crippen LogP contribution is 2.28. The Morgan fingerprint density at radius 3 is 2.15 bits per heavy atom. The number of nitro benzene ring substituents is 1. The van der Waals surface area contributed by atoms with Crippen LogP contribution < -0.4 is 5.14 Å². The van der Waals surface area contributed by atoms with Crippen molar-refractivity contribution >= 4 is 25.5 Å². The Kier molecular flexibility index (Phi) is 4.41. The minimum Gasteiger partial charge on any atom is -0.258 e.